The molecule has 0 spiro atoms. The topological polar surface area (TPSA) is 63.8 Å². The minimum Gasteiger partial charge on any atom is -0.382 e. The molecule has 4 nitrogen and oxygen atoms in total. The summed E-state index contributed by atoms with van der Waals surface area (Å²) in [5.41, 5.74) is 10.3. The summed E-state index contributed by atoms with van der Waals surface area (Å²) in [4.78, 5) is 4.39. The van der Waals surface area contributed by atoms with E-state index in [0.29, 0.717) is 12.4 Å². The molecular formula is C16H16N4S. The van der Waals surface area contributed by atoms with Crippen molar-refractivity contribution in [2.24, 2.45) is 0 Å². The van der Waals surface area contributed by atoms with Gasteiger partial charge >= 0.3 is 0 Å². The van der Waals surface area contributed by atoms with Crippen molar-refractivity contribution in [3.05, 3.63) is 59.9 Å². The normalized spacial score (nSPS) is 10.5. The fraction of sp³-hybridized carbons (Fsp3) is 0.125. The van der Waals surface area contributed by atoms with E-state index in [1.807, 2.05) is 42.6 Å². The van der Waals surface area contributed by atoms with Crippen molar-refractivity contribution in [3.63, 3.8) is 0 Å². The smallest absolute Gasteiger partial charge is 0.147 e. The minimum absolute atomic E-state index is 0.562. The van der Waals surface area contributed by atoms with Crippen LogP contribution in [0.4, 0.5) is 10.8 Å². The molecule has 0 radical (unpaired) electrons. The van der Waals surface area contributed by atoms with Gasteiger partial charge in [0.1, 0.15) is 10.8 Å². The van der Waals surface area contributed by atoms with Gasteiger partial charge in [0.05, 0.1) is 17.8 Å². The Kier molecular flexibility index (Phi) is 3.83. The van der Waals surface area contributed by atoms with Gasteiger partial charge in [0.2, 0.25) is 0 Å². The summed E-state index contributed by atoms with van der Waals surface area (Å²) in [5, 5.41) is 4.38. The fourth-order valence-electron chi connectivity index (χ4n) is 2.17. The first-order valence-corrected chi connectivity index (χ1v) is 7.48. The highest BCUT2D eigenvalue weighted by atomic mass is 32.1. The number of nitrogens with zero attached hydrogens (tertiary/aromatic N) is 2. The lowest BCUT2D eigenvalue weighted by atomic mass is 10.1. The van der Waals surface area contributed by atoms with E-state index in [1.54, 1.807) is 0 Å². The van der Waals surface area contributed by atoms with Crippen molar-refractivity contribution in [2.75, 3.05) is 11.1 Å². The molecule has 5 heteroatoms. The molecule has 0 saturated heterocycles. The number of hydrogen-bond acceptors (Lipinski definition) is 5. The summed E-state index contributed by atoms with van der Waals surface area (Å²) in [5.74, 6) is 0.562. The number of anilines is 2. The molecule has 106 valence electrons. The number of nitrogens with two attached hydrogens (primary N) is 1. The predicted octanol–water partition coefficient (Wildman–Crippen LogP) is 3.71. The van der Waals surface area contributed by atoms with Crippen molar-refractivity contribution >= 4 is 22.4 Å². The minimum atomic E-state index is 0.562. The van der Waals surface area contributed by atoms with E-state index in [2.05, 4.69) is 27.7 Å². The summed E-state index contributed by atoms with van der Waals surface area (Å²) >= 11 is 1.38. The number of benzene rings is 1. The van der Waals surface area contributed by atoms with E-state index in [1.165, 1.54) is 17.1 Å². The van der Waals surface area contributed by atoms with Gasteiger partial charge in [-0.05, 0) is 35.6 Å². The Morgan fingerprint density at radius 2 is 1.95 bits per heavy atom. The zero-order valence-electron chi connectivity index (χ0n) is 11.7. The summed E-state index contributed by atoms with van der Waals surface area (Å²) in [7, 11) is 0. The maximum Gasteiger partial charge on any atom is 0.147 e. The zero-order valence-corrected chi connectivity index (χ0v) is 12.5. The van der Waals surface area contributed by atoms with Crippen LogP contribution in [0.1, 0.15) is 11.3 Å². The van der Waals surface area contributed by atoms with Crippen LogP contribution in [-0.4, -0.2) is 9.36 Å². The van der Waals surface area contributed by atoms with Crippen LogP contribution in [0.3, 0.4) is 0 Å². The first kappa shape index (κ1) is 13.6. The quantitative estimate of drug-likeness (QED) is 0.770. The van der Waals surface area contributed by atoms with Gasteiger partial charge in [-0.3, -0.25) is 4.98 Å². The molecule has 0 bridgehead atoms. The number of nitrogen functional groups attached to an aromatic ring is 1. The average Bonchev–Trinajstić information content (AvgIpc) is 2.88. The number of aryl methyl sites for hydroxylation is 1. The van der Waals surface area contributed by atoms with E-state index in [9.17, 15) is 0 Å². The van der Waals surface area contributed by atoms with Gasteiger partial charge in [0.15, 0.2) is 0 Å². The summed E-state index contributed by atoms with van der Waals surface area (Å²) in [6, 6.07) is 14.1. The monoisotopic (exact) mass is 296 g/mol. The highest BCUT2D eigenvalue weighted by molar-refractivity contribution is 7.11. The zero-order chi connectivity index (χ0) is 14.7. The number of hydrogen-bond donors (Lipinski definition) is 2. The Morgan fingerprint density at radius 1 is 1.14 bits per heavy atom. The van der Waals surface area contributed by atoms with Gasteiger partial charge in [-0.25, -0.2) is 0 Å². The lowest BCUT2D eigenvalue weighted by Crippen LogP contribution is -2.03. The van der Waals surface area contributed by atoms with E-state index in [4.69, 9.17) is 5.73 Å². The molecule has 0 aliphatic carbocycles. The second-order valence-electron chi connectivity index (χ2n) is 4.76. The molecule has 0 aliphatic rings. The van der Waals surface area contributed by atoms with Crippen molar-refractivity contribution < 1.29 is 0 Å². The summed E-state index contributed by atoms with van der Waals surface area (Å²) < 4.78 is 4.26. The first-order chi connectivity index (χ1) is 10.3. The van der Waals surface area contributed by atoms with Crippen LogP contribution >= 0.6 is 11.5 Å². The number of rotatable bonds is 4. The Labute approximate surface area is 127 Å². The van der Waals surface area contributed by atoms with Gasteiger partial charge < -0.3 is 11.1 Å². The third-order valence-electron chi connectivity index (χ3n) is 3.32. The van der Waals surface area contributed by atoms with Crippen LogP contribution in [0.2, 0.25) is 0 Å². The molecule has 0 atom stereocenters. The van der Waals surface area contributed by atoms with Crippen molar-refractivity contribution in [3.8, 4) is 11.1 Å². The van der Waals surface area contributed by atoms with Crippen LogP contribution in [0.25, 0.3) is 11.1 Å². The number of aromatic nitrogens is 2. The molecule has 2 aromatic heterocycles. The second-order valence-corrected chi connectivity index (χ2v) is 5.53. The summed E-state index contributed by atoms with van der Waals surface area (Å²) in [6.07, 6.45) is 1.81. The standard InChI is InChI=1S/C16H16N4S/c1-11-6-5-9-18-13(11)10-19-16-14(15(17)20-21-16)12-7-3-2-4-8-12/h2-9,19H,10H2,1H3,(H2,17,20). The third-order valence-corrected chi connectivity index (χ3v) is 4.13. The molecule has 3 aromatic rings. The predicted molar refractivity (Wildman–Crippen MR) is 88.3 cm³/mol. The van der Waals surface area contributed by atoms with Crippen LogP contribution < -0.4 is 11.1 Å². The Balaban J connectivity index is 1.86. The molecule has 0 amide bonds. The maximum atomic E-state index is 6.02. The SMILES string of the molecule is Cc1cccnc1CNc1snc(N)c1-c1ccccc1. The molecule has 3 N–H and O–H groups in total. The molecule has 0 fully saturated rings. The lowest BCUT2D eigenvalue weighted by Gasteiger charge is -2.08. The first-order valence-electron chi connectivity index (χ1n) is 6.70. The highest BCUT2D eigenvalue weighted by Crippen LogP contribution is 2.36. The number of nitrogens with one attached hydrogen (secondary N) is 1. The molecule has 2 heterocycles. The van der Waals surface area contributed by atoms with E-state index in [-0.39, 0.29) is 0 Å². The Morgan fingerprint density at radius 3 is 2.71 bits per heavy atom. The van der Waals surface area contributed by atoms with E-state index < -0.39 is 0 Å². The van der Waals surface area contributed by atoms with Crippen molar-refractivity contribution in [2.45, 2.75) is 13.5 Å². The molecule has 1 aromatic carbocycles. The van der Waals surface area contributed by atoms with Gasteiger partial charge in [-0.1, -0.05) is 36.4 Å². The Bertz CT molecular complexity index is 737. The van der Waals surface area contributed by atoms with E-state index >= 15 is 0 Å². The lowest BCUT2D eigenvalue weighted by molar-refractivity contribution is 1.02. The Hall–Kier alpha value is -2.40. The largest absolute Gasteiger partial charge is 0.382 e. The van der Waals surface area contributed by atoms with Crippen LogP contribution in [0, 0.1) is 6.92 Å². The van der Waals surface area contributed by atoms with Gasteiger partial charge in [0, 0.05) is 6.20 Å². The molecule has 21 heavy (non-hydrogen) atoms. The van der Waals surface area contributed by atoms with Crippen LogP contribution in [-0.2, 0) is 6.54 Å². The third kappa shape index (κ3) is 2.87. The van der Waals surface area contributed by atoms with Gasteiger partial charge in [0.25, 0.3) is 0 Å². The average molecular weight is 296 g/mol. The fourth-order valence-corrected chi connectivity index (χ4v) is 2.91. The van der Waals surface area contributed by atoms with Gasteiger partial charge in [-0.15, -0.1) is 0 Å². The van der Waals surface area contributed by atoms with Crippen LogP contribution in [0.15, 0.2) is 48.7 Å². The van der Waals surface area contributed by atoms with Gasteiger partial charge in [-0.2, -0.15) is 4.37 Å². The maximum absolute atomic E-state index is 6.02. The molecule has 0 aliphatic heterocycles. The van der Waals surface area contributed by atoms with E-state index in [0.717, 1.165) is 21.8 Å². The van der Waals surface area contributed by atoms with Crippen molar-refractivity contribution in [1.29, 1.82) is 0 Å². The molecular weight excluding hydrogens is 280 g/mol. The second kappa shape index (κ2) is 5.93. The molecule has 3 rings (SSSR count). The molecule has 0 saturated carbocycles. The van der Waals surface area contributed by atoms with Crippen molar-refractivity contribution in [1.82, 2.24) is 9.36 Å². The highest BCUT2D eigenvalue weighted by Gasteiger charge is 2.13. The molecule has 0 unspecified atom stereocenters. The number of pyridine rings is 1. The summed E-state index contributed by atoms with van der Waals surface area (Å²) in [6.45, 7) is 2.72. The van der Waals surface area contributed by atoms with Crippen LogP contribution in [0.5, 0.6) is 0 Å².